The molecule has 1 heterocycles. The van der Waals surface area contributed by atoms with E-state index in [2.05, 4.69) is 86.2 Å². The highest BCUT2D eigenvalue weighted by atomic mass is 32.2. The molecule has 5 heteroatoms. The number of rotatable bonds is 15. The maximum atomic E-state index is 6.21. The number of benzene rings is 2. The second kappa shape index (κ2) is 13.9. The van der Waals surface area contributed by atoms with Gasteiger partial charge in [-0.15, -0.1) is 0 Å². The molecular weight excluding hydrogens is 438 g/mol. The third kappa shape index (κ3) is 7.58. The van der Waals surface area contributed by atoms with Crippen molar-refractivity contribution in [1.29, 1.82) is 0 Å². The Morgan fingerprint density at radius 3 is 1.62 bits per heavy atom. The summed E-state index contributed by atoms with van der Waals surface area (Å²) in [5.74, 6) is 0. The van der Waals surface area contributed by atoms with Crippen molar-refractivity contribution in [2.24, 2.45) is 0 Å². The third-order valence-electron chi connectivity index (χ3n) is 6.58. The van der Waals surface area contributed by atoms with Crippen LogP contribution in [0, 0.1) is 0 Å². The zero-order chi connectivity index (χ0) is 24.3. The van der Waals surface area contributed by atoms with E-state index in [1.54, 1.807) is 0 Å². The zero-order valence-electron chi connectivity index (χ0n) is 22.1. The lowest BCUT2D eigenvalue weighted by Gasteiger charge is -2.33. The van der Waals surface area contributed by atoms with Crippen LogP contribution in [0.5, 0.6) is 0 Å². The normalized spacial score (nSPS) is 12.4. The van der Waals surface area contributed by atoms with Crippen molar-refractivity contribution in [2.45, 2.75) is 80.9 Å². The number of anilines is 4. The first-order chi connectivity index (χ1) is 16.5. The Labute approximate surface area is 212 Å². The van der Waals surface area contributed by atoms with Gasteiger partial charge in [0.2, 0.25) is 0 Å². The molecule has 2 aromatic rings. The summed E-state index contributed by atoms with van der Waals surface area (Å²) in [7, 11) is 8.39. The molecule has 0 radical (unpaired) electrons. The van der Waals surface area contributed by atoms with Gasteiger partial charge < -0.3 is 19.4 Å². The lowest BCUT2D eigenvalue weighted by molar-refractivity contribution is 0.135. The summed E-state index contributed by atoms with van der Waals surface area (Å²) in [6, 6.07) is 13.5. The molecule has 0 fully saturated rings. The van der Waals surface area contributed by atoms with Crippen LogP contribution in [0.4, 0.5) is 22.7 Å². The van der Waals surface area contributed by atoms with E-state index in [-0.39, 0.29) is 0 Å². The molecular formula is C29H45N3OS. The fraction of sp³-hybridized carbons (Fsp3) is 0.586. The average Bonchev–Trinajstić information content (AvgIpc) is 2.83. The van der Waals surface area contributed by atoms with Crippen LogP contribution in [0.1, 0.15) is 71.1 Å². The van der Waals surface area contributed by atoms with Crippen LogP contribution in [0.15, 0.2) is 46.2 Å². The summed E-state index contributed by atoms with van der Waals surface area (Å²) in [6.45, 7) is 3.71. The number of hydrogen-bond acceptors (Lipinski definition) is 5. The SMILES string of the molecule is CCCCCCCCCCCCOCN1c2ccc(N(C)C)cc2Sc2cc(N(C)C)ccc21. The van der Waals surface area contributed by atoms with Gasteiger partial charge >= 0.3 is 0 Å². The molecule has 34 heavy (non-hydrogen) atoms. The predicted molar refractivity (Wildman–Crippen MR) is 150 cm³/mol. The maximum absolute atomic E-state index is 6.21. The molecule has 0 unspecified atom stereocenters. The largest absolute Gasteiger partial charge is 0.378 e. The lowest BCUT2D eigenvalue weighted by atomic mass is 10.1. The Bertz CT molecular complexity index is 826. The molecule has 0 amide bonds. The van der Waals surface area contributed by atoms with Gasteiger partial charge in [-0.2, -0.15) is 0 Å². The summed E-state index contributed by atoms with van der Waals surface area (Å²) in [6.07, 6.45) is 13.5. The molecule has 1 aliphatic heterocycles. The Balaban J connectivity index is 1.52. The first-order valence-electron chi connectivity index (χ1n) is 13.2. The predicted octanol–water partition coefficient (Wildman–Crippen LogP) is 8.32. The Morgan fingerprint density at radius 1 is 0.676 bits per heavy atom. The van der Waals surface area contributed by atoms with Crippen molar-refractivity contribution in [2.75, 3.05) is 56.2 Å². The first-order valence-corrected chi connectivity index (χ1v) is 14.0. The summed E-state index contributed by atoms with van der Waals surface area (Å²) in [5.41, 5.74) is 4.93. The van der Waals surface area contributed by atoms with Gasteiger partial charge in [-0.05, 0) is 42.8 Å². The zero-order valence-corrected chi connectivity index (χ0v) is 22.9. The number of hydrogen-bond donors (Lipinski definition) is 0. The van der Waals surface area contributed by atoms with Gasteiger partial charge in [0, 0.05) is 56.0 Å². The monoisotopic (exact) mass is 483 g/mol. The van der Waals surface area contributed by atoms with Crippen LogP contribution in [0.25, 0.3) is 0 Å². The van der Waals surface area contributed by atoms with Crippen LogP contribution in [0.2, 0.25) is 0 Å². The van der Waals surface area contributed by atoms with Gasteiger partial charge in [0.25, 0.3) is 0 Å². The number of nitrogens with zero attached hydrogens (tertiary/aromatic N) is 3. The number of unbranched alkanes of at least 4 members (excludes halogenated alkanes) is 9. The van der Waals surface area contributed by atoms with E-state index in [1.807, 2.05) is 11.8 Å². The van der Waals surface area contributed by atoms with Gasteiger partial charge in [-0.25, -0.2) is 0 Å². The highest BCUT2D eigenvalue weighted by molar-refractivity contribution is 7.99. The van der Waals surface area contributed by atoms with E-state index in [0.29, 0.717) is 6.73 Å². The molecule has 1 aliphatic rings. The molecule has 0 spiro atoms. The number of fused-ring (bicyclic) bond motifs is 2. The molecule has 3 rings (SSSR count). The minimum Gasteiger partial charge on any atom is -0.378 e. The minimum atomic E-state index is 0.598. The van der Waals surface area contributed by atoms with Gasteiger partial charge in [-0.1, -0.05) is 76.5 Å². The fourth-order valence-electron chi connectivity index (χ4n) is 4.41. The van der Waals surface area contributed by atoms with Crippen molar-refractivity contribution in [3.8, 4) is 0 Å². The topological polar surface area (TPSA) is 19.0 Å². The molecule has 2 aromatic carbocycles. The quantitative estimate of drug-likeness (QED) is 0.236. The Morgan fingerprint density at radius 2 is 1.15 bits per heavy atom. The van der Waals surface area contributed by atoms with E-state index in [1.165, 1.54) is 90.3 Å². The van der Waals surface area contributed by atoms with Crippen LogP contribution >= 0.6 is 11.8 Å². The summed E-state index contributed by atoms with van der Waals surface area (Å²) >= 11 is 1.86. The standard InChI is InChI=1S/C29H45N3OS/c1-6-7-8-9-10-11-12-13-14-15-20-33-23-32-26-18-16-24(30(2)3)21-28(26)34-29-22-25(31(4)5)17-19-27(29)32/h16-19,21-22H,6-15,20,23H2,1-5H3. The maximum Gasteiger partial charge on any atom is 0.123 e. The molecule has 4 nitrogen and oxygen atoms in total. The van der Waals surface area contributed by atoms with Crippen molar-refractivity contribution < 1.29 is 4.74 Å². The van der Waals surface area contributed by atoms with E-state index < -0.39 is 0 Å². The van der Waals surface area contributed by atoms with Gasteiger partial charge in [0.15, 0.2) is 0 Å². The fourth-order valence-corrected chi connectivity index (χ4v) is 5.57. The number of ether oxygens (including phenoxy) is 1. The highest BCUT2D eigenvalue weighted by Crippen LogP contribution is 2.50. The van der Waals surface area contributed by atoms with Gasteiger partial charge in [0.05, 0.1) is 11.4 Å². The van der Waals surface area contributed by atoms with Crippen LogP contribution in [0.3, 0.4) is 0 Å². The first kappa shape index (κ1) is 26.7. The van der Waals surface area contributed by atoms with Crippen LogP contribution in [-0.2, 0) is 4.74 Å². The molecule has 188 valence electrons. The second-order valence-corrected chi connectivity index (χ2v) is 10.9. The third-order valence-corrected chi connectivity index (χ3v) is 7.68. The Kier molecular flexibility index (Phi) is 10.9. The van der Waals surface area contributed by atoms with Crippen molar-refractivity contribution in [1.82, 2.24) is 0 Å². The molecule has 0 N–H and O–H groups in total. The van der Waals surface area contributed by atoms with E-state index in [9.17, 15) is 0 Å². The van der Waals surface area contributed by atoms with Gasteiger partial charge in [0.1, 0.15) is 6.73 Å². The summed E-state index contributed by atoms with van der Waals surface area (Å²) < 4.78 is 6.21. The van der Waals surface area contributed by atoms with Crippen molar-refractivity contribution >= 4 is 34.5 Å². The summed E-state index contributed by atoms with van der Waals surface area (Å²) in [4.78, 5) is 9.25. The average molecular weight is 484 g/mol. The smallest absolute Gasteiger partial charge is 0.123 e. The lowest BCUT2D eigenvalue weighted by Crippen LogP contribution is -2.24. The second-order valence-electron chi connectivity index (χ2n) is 9.84. The van der Waals surface area contributed by atoms with Crippen molar-refractivity contribution in [3.05, 3.63) is 36.4 Å². The van der Waals surface area contributed by atoms with E-state index in [4.69, 9.17) is 4.74 Å². The highest BCUT2D eigenvalue weighted by Gasteiger charge is 2.24. The van der Waals surface area contributed by atoms with Gasteiger partial charge in [-0.3, -0.25) is 0 Å². The molecule has 0 bridgehead atoms. The summed E-state index contributed by atoms with van der Waals surface area (Å²) in [5, 5.41) is 0. The van der Waals surface area contributed by atoms with Crippen molar-refractivity contribution in [3.63, 3.8) is 0 Å². The van der Waals surface area contributed by atoms with E-state index in [0.717, 1.165) is 13.0 Å². The molecule has 0 saturated heterocycles. The molecule has 0 aromatic heterocycles. The van der Waals surface area contributed by atoms with Crippen LogP contribution in [-0.4, -0.2) is 41.5 Å². The Hall–Kier alpha value is -1.85. The molecule has 0 atom stereocenters. The molecule has 0 aliphatic carbocycles. The molecule has 0 saturated carbocycles. The van der Waals surface area contributed by atoms with E-state index >= 15 is 0 Å². The minimum absolute atomic E-state index is 0.598. The van der Waals surface area contributed by atoms with Crippen LogP contribution < -0.4 is 14.7 Å².